The van der Waals surface area contributed by atoms with E-state index in [-0.39, 0.29) is 11.1 Å². The van der Waals surface area contributed by atoms with Crippen LogP contribution in [0.1, 0.15) is 34.4 Å². The van der Waals surface area contributed by atoms with Gasteiger partial charge < -0.3 is 15.2 Å². The number of aromatic nitrogens is 1. The van der Waals surface area contributed by atoms with Crippen LogP contribution in [0.15, 0.2) is 22.7 Å². The van der Waals surface area contributed by atoms with Crippen molar-refractivity contribution in [2.75, 3.05) is 0 Å². The predicted molar refractivity (Wildman–Crippen MR) is 83.4 cm³/mol. The van der Waals surface area contributed by atoms with Gasteiger partial charge in [-0.15, -0.1) is 0 Å². The van der Waals surface area contributed by atoms with Crippen LogP contribution < -0.4 is 10.6 Å². The van der Waals surface area contributed by atoms with E-state index in [1.54, 1.807) is 0 Å². The van der Waals surface area contributed by atoms with Crippen LogP contribution in [0.2, 0.25) is 5.22 Å². The summed E-state index contributed by atoms with van der Waals surface area (Å²) in [6.45, 7) is 4.20. The zero-order chi connectivity index (χ0) is 15.5. The lowest BCUT2D eigenvalue weighted by molar-refractivity contribution is -0.121. The van der Waals surface area contributed by atoms with Crippen molar-refractivity contribution >= 4 is 17.5 Å². The van der Waals surface area contributed by atoms with Crippen molar-refractivity contribution in [2.24, 2.45) is 0 Å². The number of rotatable bonds is 5. The molecule has 0 unspecified atom stereocenters. The molecule has 0 atom stereocenters. The molecule has 1 amide bonds. The van der Waals surface area contributed by atoms with E-state index in [9.17, 15) is 4.79 Å². The van der Waals surface area contributed by atoms with Gasteiger partial charge in [0.2, 0.25) is 11.1 Å². The highest BCUT2D eigenvalue weighted by atomic mass is 35.5. The number of carbonyl (C=O) groups is 1. The van der Waals surface area contributed by atoms with Gasteiger partial charge in [0, 0.05) is 31.6 Å². The van der Waals surface area contributed by atoms with Crippen molar-refractivity contribution in [1.82, 2.24) is 15.8 Å². The third-order valence-corrected chi connectivity index (χ3v) is 4.23. The fraction of sp³-hybridized carbons (Fsp3) is 0.375. The molecule has 0 saturated carbocycles. The molecule has 1 aromatic heterocycles. The molecule has 2 heterocycles. The van der Waals surface area contributed by atoms with Gasteiger partial charge in [0.1, 0.15) is 0 Å². The highest BCUT2D eigenvalue weighted by Crippen LogP contribution is 2.20. The van der Waals surface area contributed by atoms with Crippen molar-refractivity contribution in [3.05, 3.63) is 51.4 Å². The van der Waals surface area contributed by atoms with E-state index >= 15 is 0 Å². The van der Waals surface area contributed by atoms with Crippen molar-refractivity contribution in [1.29, 1.82) is 0 Å². The second-order valence-electron chi connectivity index (χ2n) is 5.50. The molecule has 0 radical (unpaired) electrons. The van der Waals surface area contributed by atoms with Crippen LogP contribution in [0.5, 0.6) is 0 Å². The fourth-order valence-corrected chi connectivity index (χ4v) is 2.89. The average molecular weight is 320 g/mol. The predicted octanol–water partition coefficient (Wildman–Crippen LogP) is 2.49. The quantitative estimate of drug-likeness (QED) is 0.888. The van der Waals surface area contributed by atoms with E-state index in [1.165, 1.54) is 11.1 Å². The van der Waals surface area contributed by atoms with Gasteiger partial charge in [0.15, 0.2) is 0 Å². The monoisotopic (exact) mass is 319 g/mol. The first kappa shape index (κ1) is 15.1. The first-order valence-electron chi connectivity index (χ1n) is 7.32. The topological polar surface area (TPSA) is 67.2 Å². The Morgan fingerprint density at radius 1 is 1.41 bits per heavy atom. The summed E-state index contributed by atoms with van der Waals surface area (Å²) in [5.74, 6) is -0.00436. The van der Waals surface area contributed by atoms with E-state index in [2.05, 4.69) is 34.0 Å². The minimum absolute atomic E-state index is 0.00436. The summed E-state index contributed by atoms with van der Waals surface area (Å²) in [5.41, 5.74) is 5.32. The Kier molecular flexibility index (Phi) is 4.45. The Morgan fingerprint density at radius 2 is 2.23 bits per heavy atom. The Labute approximate surface area is 134 Å². The molecule has 1 aromatic carbocycles. The first-order valence-corrected chi connectivity index (χ1v) is 7.70. The number of nitrogens with one attached hydrogen (secondary N) is 2. The molecule has 1 aliphatic rings. The summed E-state index contributed by atoms with van der Waals surface area (Å²) < 4.78 is 4.88. The molecule has 3 rings (SSSR count). The van der Waals surface area contributed by atoms with Crippen molar-refractivity contribution < 1.29 is 9.32 Å². The first-order chi connectivity index (χ1) is 10.6. The molecule has 0 fully saturated rings. The summed E-state index contributed by atoms with van der Waals surface area (Å²) in [6, 6.07) is 6.33. The molecule has 0 saturated heterocycles. The van der Waals surface area contributed by atoms with Crippen LogP contribution in [-0.4, -0.2) is 11.1 Å². The maximum atomic E-state index is 12.0. The van der Waals surface area contributed by atoms with E-state index in [0.717, 1.165) is 29.9 Å². The molecule has 2 N–H and O–H groups in total. The van der Waals surface area contributed by atoms with Crippen LogP contribution in [0.4, 0.5) is 0 Å². The lowest BCUT2D eigenvalue weighted by atomic mass is 10.1. The average Bonchev–Trinajstić information content (AvgIpc) is 3.10. The third-order valence-electron chi connectivity index (χ3n) is 3.93. The van der Waals surface area contributed by atoms with E-state index < -0.39 is 0 Å². The second-order valence-corrected chi connectivity index (χ2v) is 5.85. The SMILES string of the molecule is Cc1noc(Cl)c1CCC(=O)NCc1ccc2c(c1)CNC2. The van der Waals surface area contributed by atoms with Gasteiger partial charge in [-0.2, -0.15) is 0 Å². The minimum atomic E-state index is -0.00436. The number of fused-ring (bicyclic) bond motifs is 1. The van der Waals surface area contributed by atoms with Gasteiger partial charge in [-0.25, -0.2) is 0 Å². The van der Waals surface area contributed by atoms with Crippen molar-refractivity contribution in [3.8, 4) is 0 Å². The van der Waals surface area contributed by atoms with E-state index in [0.29, 0.717) is 19.4 Å². The van der Waals surface area contributed by atoms with Gasteiger partial charge >= 0.3 is 0 Å². The van der Waals surface area contributed by atoms with Gasteiger partial charge in [0.25, 0.3) is 0 Å². The van der Waals surface area contributed by atoms with Gasteiger partial charge in [-0.1, -0.05) is 23.4 Å². The van der Waals surface area contributed by atoms with Crippen LogP contribution in [0.3, 0.4) is 0 Å². The van der Waals surface area contributed by atoms with Crippen LogP contribution >= 0.6 is 11.6 Å². The molecule has 1 aliphatic heterocycles. The Balaban J connectivity index is 1.50. The van der Waals surface area contributed by atoms with Crippen LogP contribution in [0, 0.1) is 6.92 Å². The maximum Gasteiger partial charge on any atom is 0.229 e. The van der Waals surface area contributed by atoms with E-state index in [4.69, 9.17) is 16.1 Å². The van der Waals surface area contributed by atoms with Gasteiger partial charge in [0.05, 0.1) is 5.69 Å². The lowest BCUT2D eigenvalue weighted by Crippen LogP contribution is -2.23. The zero-order valence-corrected chi connectivity index (χ0v) is 13.2. The molecule has 22 heavy (non-hydrogen) atoms. The lowest BCUT2D eigenvalue weighted by Gasteiger charge is -2.07. The largest absolute Gasteiger partial charge is 0.352 e. The summed E-state index contributed by atoms with van der Waals surface area (Å²) >= 11 is 5.89. The molecular formula is C16H18ClN3O2. The van der Waals surface area contributed by atoms with Gasteiger partial charge in [-0.3, -0.25) is 4.79 Å². The number of halogens is 1. The zero-order valence-electron chi connectivity index (χ0n) is 12.4. The van der Waals surface area contributed by atoms with E-state index in [1.807, 2.05) is 6.92 Å². The van der Waals surface area contributed by atoms with Crippen LogP contribution in [0.25, 0.3) is 0 Å². The number of benzene rings is 1. The molecule has 5 nitrogen and oxygen atoms in total. The highest BCUT2D eigenvalue weighted by Gasteiger charge is 2.13. The Morgan fingerprint density at radius 3 is 3.00 bits per heavy atom. The Hall–Kier alpha value is -1.85. The standard InChI is InChI=1S/C16H18ClN3O2/c1-10-14(16(17)22-20-10)4-5-15(21)19-7-11-2-3-12-8-18-9-13(12)6-11/h2-3,6,18H,4-5,7-9H2,1H3,(H,19,21). The molecular weight excluding hydrogens is 302 g/mol. The Bertz CT molecular complexity index is 677. The molecule has 0 aliphatic carbocycles. The number of amides is 1. The number of aryl methyl sites for hydroxylation is 1. The summed E-state index contributed by atoms with van der Waals surface area (Å²) in [4.78, 5) is 12.0. The number of nitrogens with zero attached hydrogens (tertiary/aromatic N) is 1. The fourth-order valence-electron chi connectivity index (χ4n) is 2.63. The van der Waals surface area contributed by atoms with Crippen molar-refractivity contribution in [2.45, 2.75) is 39.4 Å². The summed E-state index contributed by atoms with van der Waals surface area (Å²) in [5, 5.41) is 10.3. The normalized spacial score (nSPS) is 13.2. The minimum Gasteiger partial charge on any atom is -0.352 e. The van der Waals surface area contributed by atoms with Crippen LogP contribution in [-0.2, 0) is 30.8 Å². The molecule has 6 heteroatoms. The third kappa shape index (κ3) is 3.31. The number of hydrogen-bond acceptors (Lipinski definition) is 4. The van der Waals surface area contributed by atoms with Gasteiger partial charge in [-0.05, 0) is 41.6 Å². The molecule has 116 valence electrons. The summed E-state index contributed by atoms with van der Waals surface area (Å²) in [6.07, 6.45) is 0.905. The number of carbonyl (C=O) groups excluding carboxylic acids is 1. The number of hydrogen-bond donors (Lipinski definition) is 2. The molecule has 0 bridgehead atoms. The maximum absolute atomic E-state index is 12.0. The smallest absolute Gasteiger partial charge is 0.229 e. The second kappa shape index (κ2) is 6.50. The molecule has 2 aromatic rings. The molecule has 0 spiro atoms. The van der Waals surface area contributed by atoms with Crippen molar-refractivity contribution in [3.63, 3.8) is 0 Å². The summed E-state index contributed by atoms with van der Waals surface area (Å²) in [7, 11) is 0. The highest BCUT2D eigenvalue weighted by molar-refractivity contribution is 6.29.